The molecule has 1 aromatic rings. The first kappa shape index (κ1) is 16.2. The number of aromatic nitrogens is 2. The van der Waals surface area contributed by atoms with Crippen LogP contribution in [0.2, 0.25) is 0 Å². The highest BCUT2D eigenvalue weighted by Crippen LogP contribution is 2.30. The number of rotatable bonds is 5. The zero-order valence-corrected chi connectivity index (χ0v) is 13.7. The zero-order valence-electron chi connectivity index (χ0n) is 12.8. The summed E-state index contributed by atoms with van der Waals surface area (Å²) in [4.78, 5) is 8.15. The van der Waals surface area contributed by atoms with Crippen molar-refractivity contribution in [1.82, 2.24) is 14.7 Å². The van der Waals surface area contributed by atoms with Crippen molar-refractivity contribution < 1.29 is 8.42 Å². The largest absolute Gasteiger partial charge is 0.355 e. The first-order valence-corrected chi connectivity index (χ1v) is 8.99. The van der Waals surface area contributed by atoms with E-state index in [0.717, 1.165) is 19.3 Å². The zero-order chi connectivity index (χ0) is 15.5. The lowest BCUT2D eigenvalue weighted by atomic mass is 9.79. The summed E-state index contributed by atoms with van der Waals surface area (Å²) in [6, 6.07) is 0.00893. The Morgan fingerprint density at radius 3 is 2.43 bits per heavy atom. The number of sulfonamides is 1. The Morgan fingerprint density at radius 2 is 1.86 bits per heavy atom. The molecular weight excluding hydrogens is 288 g/mol. The molecule has 0 aliphatic heterocycles. The molecule has 1 aromatic heterocycles. The summed E-state index contributed by atoms with van der Waals surface area (Å²) in [7, 11) is -3.54. The maximum atomic E-state index is 12.3. The predicted molar refractivity (Wildman–Crippen MR) is 82.5 cm³/mol. The number of hydrogen-bond acceptors (Lipinski definition) is 5. The van der Waals surface area contributed by atoms with E-state index in [2.05, 4.69) is 33.9 Å². The van der Waals surface area contributed by atoms with Gasteiger partial charge in [0.25, 0.3) is 0 Å². The van der Waals surface area contributed by atoms with Gasteiger partial charge in [0.1, 0.15) is 4.90 Å². The van der Waals surface area contributed by atoms with Gasteiger partial charge in [-0.25, -0.2) is 23.1 Å². The van der Waals surface area contributed by atoms with Crippen LogP contribution in [0, 0.1) is 11.8 Å². The lowest BCUT2D eigenvalue weighted by molar-refractivity contribution is 0.242. The van der Waals surface area contributed by atoms with Crippen molar-refractivity contribution in [2.24, 2.45) is 11.8 Å². The highest BCUT2D eigenvalue weighted by atomic mass is 32.2. The molecule has 0 saturated heterocycles. The fraction of sp³-hybridized carbons (Fsp3) is 0.714. The summed E-state index contributed by atoms with van der Waals surface area (Å²) >= 11 is 0. The van der Waals surface area contributed by atoms with Crippen molar-refractivity contribution in [2.45, 2.75) is 51.0 Å². The van der Waals surface area contributed by atoms with Crippen LogP contribution in [0.3, 0.4) is 0 Å². The first-order valence-electron chi connectivity index (χ1n) is 7.50. The van der Waals surface area contributed by atoms with E-state index in [0.29, 0.717) is 24.3 Å². The van der Waals surface area contributed by atoms with E-state index in [1.807, 2.05) is 6.92 Å². The van der Waals surface area contributed by atoms with Crippen LogP contribution in [-0.2, 0) is 10.0 Å². The van der Waals surface area contributed by atoms with Gasteiger partial charge in [0.2, 0.25) is 16.0 Å². The number of nitrogens with one attached hydrogen (secondary N) is 2. The molecule has 3 atom stereocenters. The van der Waals surface area contributed by atoms with Gasteiger partial charge in [0.15, 0.2) is 0 Å². The minimum absolute atomic E-state index is 0.00893. The minimum atomic E-state index is -3.54. The summed E-state index contributed by atoms with van der Waals surface area (Å²) in [6.07, 6.45) is 5.53. The van der Waals surface area contributed by atoms with E-state index in [9.17, 15) is 8.42 Å². The van der Waals surface area contributed by atoms with Crippen molar-refractivity contribution in [1.29, 1.82) is 0 Å². The van der Waals surface area contributed by atoms with Gasteiger partial charge in [-0.15, -0.1) is 0 Å². The van der Waals surface area contributed by atoms with Crippen LogP contribution in [0.15, 0.2) is 17.3 Å². The second-order valence-electron chi connectivity index (χ2n) is 5.86. The van der Waals surface area contributed by atoms with E-state index in [1.165, 1.54) is 12.4 Å². The fourth-order valence-electron chi connectivity index (χ4n) is 2.65. The molecule has 0 bridgehead atoms. The number of nitrogens with zero attached hydrogens (tertiary/aromatic N) is 2. The Labute approximate surface area is 126 Å². The van der Waals surface area contributed by atoms with Crippen LogP contribution in [-0.4, -0.2) is 31.0 Å². The molecule has 118 valence electrons. The topological polar surface area (TPSA) is 84.0 Å². The molecule has 2 rings (SSSR count). The van der Waals surface area contributed by atoms with Crippen molar-refractivity contribution in [3.63, 3.8) is 0 Å². The molecule has 1 aliphatic carbocycles. The van der Waals surface area contributed by atoms with Crippen LogP contribution in [0.1, 0.15) is 40.0 Å². The first-order chi connectivity index (χ1) is 9.92. The summed E-state index contributed by atoms with van der Waals surface area (Å²) < 4.78 is 27.5. The van der Waals surface area contributed by atoms with Crippen molar-refractivity contribution in [3.8, 4) is 0 Å². The molecule has 0 amide bonds. The lowest BCUT2D eigenvalue weighted by Gasteiger charge is -2.32. The molecular formula is C14H24N4O2S. The molecule has 0 spiro atoms. The van der Waals surface area contributed by atoms with Gasteiger partial charge in [0.05, 0.1) is 12.4 Å². The van der Waals surface area contributed by atoms with Gasteiger partial charge in [0, 0.05) is 12.6 Å². The summed E-state index contributed by atoms with van der Waals surface area (Å²) in [5.41, 5.74) is 0. The predicted octanol–water partition coefficient (Wildman–Crippen LogP) is 2.01. The van der Waals surface area contributed by atoms with Crippen LogP contribution in [0.4, 0.5) is 5.95 Å². The van der Waals surface area contributed by atoms with Gasteiger partial charge < -0.3 is 5.32 Å². The molecule has 0 radical (unpaired) electrons. The summed E-state index contributed by atoms with van der Waals surface area (Å²) in [6.45, 7) is 7.03. The van der Waals surface area contributed by atoms with Crippen LogP contribution in [0.25, 0.3) is 0 Å². The number of anilines is 1. The highest BCUT2D eigenvalue weighted by Gasteiger charge is 2.28. The van der Waals surface area contributed by atoms with Crippen LogP contribution in [0.5, 0.6) is 0 Å². The standard InChI is InChI=1S/C14H24N4O2S/c1-4-15-14-16-8-13(9-17-14)21(19,20)18-12-6-5-10(2)11(3)7-12/h8-12,18H,4-7H2,1-3H3,(H,15,16,17). The Bertz CT molecular complexity index is 559. The van der Waals surface area contributed by atoms with E-state index in [4.69, 9.17) is 0 Å². The van der Waals surface area contributed by atoms with Gasteiger partial charge in [-0.05, 0) is 38.0 Å². The third-order valence-electron chi connectivity index (χ3n) is 4.19. The molecule has 1 heterocycles. The lowest BCUT2D eigenvalue weighted by Crippen LogP contribution is -2.39. The van der Waals surface area contributed by atoms with E-state index in [-0.39, 0.29) is 10.9 Å². The average molecular weight is 312 g/mol. The molecule has 3 unspecified atom stereocenters. The van der Waals surface area contributed by atoms with E-state index in [1.54, 1.807) is 0 Å². The molecule has 1 fully saturated rings. The van der Waals surface area contributed by atoms with E-state index < -0.39 is 10.0 Å². The van der Waals surface area contributed by atoms with Gasteiger partial charge in [-0.1, -0.05) is 13.8 Å². The Kier molecular flexibility index (Phi) is 5.16. The fourth-order valence-corrected chi connectivity index (χ4v) is 3.82. The van der Waals surface area contributed by atoms with Crippen LogP contribution < -0.4 is 10.0 Å². The molecule has 2 N–H and O–H groups in total. The Hall–Kier alpha value is -1.21. The smallest absolute Gasteiger partial charge is 0.243 e. The number of hydrogen-bond donors (Lipinski definition) is 2. The van der Waals surface area contributed by atoms with Gasteiger partial charge >= 0.3 is 0 Å². The molecule has 7 heteroatoms. The Morgan fingerprint density at radius 1 is 1.19 bits per heavy atom. The molecule has 1 aliphatic rings. The highest BCUT2D eigenvalue weighted by molar-refractivity contribution is 7.89. The third kappa shape index (κ3) is 4.14. The second kappa shape index (κ2) is 6.70. The average Bonchev–Trinajstić information content (AvgIpc) is 2.44. The third-order valence-corrected chi connectivity index (χ3v) is 5.67. The van der Waals surface area contributed by atoms with Crippen molar-refractivity contribution in [2.75, 3.05) is 11.9 Å². The molecule has 6 nitrogen and oxygen atoms in total. The van der Waals surface area contributed by atoms with Crippen LogP contribution >= 0.6 is 0 Å². The summed E-state index contributed by atoms with van der Waals surface area (Å²) in [5, 5.41) is 2.94. The maximum Gasteiger partial charge on any atom is 0.243 e. The van der Waals surface area contributed by atoms with Gasteiger partial charge in [-0.3, -0.25) is 0 Å². The molecule has 0 aromatic carbocycles. The second-order valence-corrected chi connectivity index (χ2v) is 7.57. The van der Waals surface area contributed by atoms with Crippen molar-refractivity contribution >= 4 is 16.0 Å². The summed E-state index contributed by atoms with van der Waals surface area (Å²) in [5.74, 6) is 1.64. The minimum Gasteiger partial charge on any atom is -0.355 e. The van der Waals surface area contributed by atoms with Gasteiger partial charge in [-0.2, -0.15) is 0 Å². The quantitative estimate of drug-likeness (QED) is 0.869. The SMILES string of the molecule is CCNc1ncc(S(=O)(=O)NC2CCC(C)C(C)C2)cn1. The Balaban J connectivity index is 2.04. The normalized spacial score (nSPS) is 26.5. The molecule has 1 saturated carbocycles. The van der Waals surface area contributed by atoms with Crippen molar-refractivity contribution in [3.05, 3.63) is 12.4 Å². The molecule has 21 heavy (non-hydrogen) atoms. The monoisotopic (exact) mass is 312 g/mol. The van der Waals surface area contributed by atoms with E-state index >= 15 is 0 Å². The maximum absolute atomic E-state index is 12.3.